The van der Waals surface area contributed by atoms with Crippen LogP contribution in [0.3, 0.4) is 0 Å². The first-order valence-corrected chi connectivity index (χ1v) is 12.9. The summed E-state index contributed by atoms with van der Waals surface area (Å²) in [5.41, 5.74) is 7.48. The highest BCUT2D eigenvalue weighted by molar-refractivity contribution is 5.03. The van der Waals surface area contributed by atoms with Gasteiger partial charge in [0.2, 0.25) is 0 Å². The molecule has 0 amide bonds. The fraction of sp³-hybridized carbons (Fsp3) is 1.00. The van der Waals surface area contributed by atoms with Crippen molar-refractivity contribution < 1.29 is 4.74 Å². The molecule has 2 unspecified atom stereocenters. The summed E-state index contributed by atoms with van der Waals surface area (Å²) < 4.78 is 5.65. The number of piperidine rings is 2. The maximum Gasteiger partial charge on any atom is 0.0592 e. The van der Waals surface area contributed by atoms with Gasteiger partial charge in [0.15, 0.2) is 0 Å². The predicted molar refractivity (Wildman–Crippen MR) is 125 cm³/mol. The van der Waals surface area contributed by atoms with E-state index in [0.29, 0.717) is 35.1 Å². The van der Waals surface area contributed by atoms with Crippen LogP contribution < -0.4 is 11.1 Å². The van der Waals surface area contributed by atoms with Crippen LogP contribution in [0.15, 0.2) is 0 Å². The molecule has 2 saturated carbocycles. The maximum atomic E-state index is 6.57. The van der Waals surface area contributed by atoms with E-state index in [1.165, 1.54) is 77.5 Å². The number of hydrogen-bond donors (Lipinski definition) is 2. The van der Waals surface area contributed by atoms with Crippen molar-refractivity contribution in [3.8, 4) is 0 Å². The third-order valence-electron chi connectivity index (χ3n) is 9.78. The fourth-order valence-electron chi connectivity index (χ4n) is 7.37. The molecule has 0 aromatic carbocycles. The van der Waals surface area contributed by atoms with Crippen molar-refractivity contribution >= 4 is 0 Å². The minimum atomic E-state index is 0.327. The summed E-state index contributed by atoms with van der Waals surface area (Å²) in [6, 6.07) is 2.38. The number of rotatable bonds is 6. The number of nitrogens with two attached hydrogens (primary N) is 1. The highest BCUT2D eigenvalue weighted by atomic mass is 16.5. The Morgan fingerprint density at radius 3 is 2.20 bits per heavy atom. The lowest BCUT2D eigenvalue weighted by Gasteiger charge is -2.46. The molecular weight excluding hydrogens is 372 g/mol. The van der Waals surface area contributed by atoms with Crippen molar-refractivity contribution in [2.24, 2.45) is 16.6 Å². The average molecular weight is 421 g/mol. The predicted octanol–water partition coefficient (Wildman–Crippen LogP) is 3.23. The molecule has 0 aromatic heterocycles. The lowest BCUT2D eigenvalue weighted by molar-refractivity contribution is 0.0436. The van der Waals surface area contributed by atoms with Gasteiger partial charge in [0.25, 0.3) is 0 Å². The summed E-state index contributed by atoms with van der Waals surface area (Å²) in [5, 5.41) is 4.06. The third-order valence-corrected chi connectivity index (χ3v) is 9.78. The van der Waals surface area contributed by atoms with E-state index < -0.39 is 0 Å². The molecule has 2 aliphatic carbocycles. The van der Waals surface area contributed by atoms with Crippen molar-refractivity contribution in [3.05, 3.63) is 0 Å². The first-order chi connectivity index (χ1) is 14.4. The summed E-state index contributed by atoms with van der Waals surface area (Å²) in [5.74, 6) is 0. The van der Waals surface area contributed by atoms with E-state index in [0.717, 1.165) is 19.0 Å². The number of likely N-dealkylation sites (tertiary alicyclic amines) is 2. The molecule has 4 fully saturated rings. The molecule has 5 heteroatoms. The monoisotopic (exact) mass is 420 g/mol. The third kappa shape index (κ3) is 4.47. The van der Waals surface area contributed by atoms with E-state index in [9.17, 15) is 0 Å². The Morgan fingerprint density at radius 1 is 0.967 bits per heavy atom. The highest BCUT2D eigenvalue weighted by Crippen LogP contribution is 2.48. The molecule has 0 radical (unpaired) electrons. The van der Waals surface area contributed by atoms with Gasteiger partial charge in [-0.1, -0.05) is 6.42 Å². The fourth-order valence-corrected chi connectivity index (χ4v) is 7.37. The Labute approximate surface area is 185 Å². The number of hydrogen-bond acceptors (Lipinski definition) is 5. The molecule has 4 aliphatic rings. The molecule has 5 nitrogen and oxygen atoms in total. The molecule has 3 N–H and O–H groups in total. The van der Waals surface area contributed by atoms with Crippen LogP contribution in [0.1, 0.15) is 78.6 Å². The average Bonchev–Trinajstić information content (AvgIpc) is 3.27. The minimum Gasteiger partial charge on any atom is -0.381 e. The topological polar surface area (TPSA) is 53.8 Å². The summed E-state index contributed by atoms with van der Waals surface area (Å²) in [7, 11) is 1.85. The molecule has 2 spiro atoms. The van der Waals surface area contributed by atoms with Gasteiger partial charge in [0, 0.05) is 37.8 Å². The first kappa shape index (κ1) is 23.0. The van der Waals surface area contributed by atoms with Gasteiger partial charge < -0.3 is 20.7 Å². The lowest BCUT2D eigenvalue weighted by atomic mass is 9.73. The number of nitrogens with one attached hydrogen (secondary N) is 1. The van der Waals surface area contributed by atoms with Crippen LogP contribution in [-0.2, 0) is 4.74 Å². The zero-order valence-electron chi connectivity index (χ0n) is 20.2. The van der Waals surface area contributed by atoms with E-state index in [1.54, 1.807) is 0 Å². The zero-order chi connectivity index (χ0) is 21.4. The van der Waals surface area contributed by atoms with Crippen LogP contribution in [0.4, 0.5) is 0 Å². The van der Waals surface area contributed by atoms with Crippen LogP contribution in [0, 0.1) is 10.8 Å². The quantitative estimate of drug-likeness (QED) is 0.691. The smallest absolute Gasteiger partial charge is 0.0592 e. The lowest BCUT2D eigenvalue weighted by Crippen LogP contribution is -2.54. The van der Waals surface area contributed by atoms with Crippen LogP contribution >= 0.6 is 0 Å². The molecule has 2 saturated heterocycles. The van der Waals surface area contributed by atoms with Crippen LogP contribution in [-0.4, -0.2) is 79.9 Å². The van der Waals surface area contributed by atoms with Crippen molar-refractivity contribution in [1.29, 1.82) is 0 Å². The summed E-state index contributed by atoms with van der Waals surface area (Å²) in [4.78, 5) is 5.39. The molecular formula is C25H48N4O. The second-order valence-electron chi connectivity index (χ2n) is 11.5. The number of nitrogens with zero attached hydrogens (tertiary/aromatic N) is 2. The standard InChI is InChI=1S/C25H48N4O/c1-19(2)28-12-8-24(9-13-28)7-5-6-23(24)27-18-20(3)29-14-10-25(11-15-29)17-21(30-4)16-22(25)26/h19-23,27H,5-18,26H2,1-4H3/t20?,21?,22-,23-/m1/s1. The van der Waals surface area contributed by atoms with Crippen LogP contribution in [0.25, 0.3) is 0 Å². The van der Waals surface area contributed by atoms with Gasteiger partial charge in [0.1, 0.15) is 0 Å². The molecule has 4 atom stereocenters. The van der Waals surface area contributed by atoms with Gasteiger partial charge in [-0.2, -0.15) is 0 Å². The van der Waals surface area contributed by atoms with Crippen LogP contribution in [0.2, 0.25) is 0 Å². The van der Waals surface area contributed by atoms with E-state index >= 15 is 0 Å². The SMILES string of the molecule is COC1C[C@@H](N)C2(CCN(C(C)CN[C@@H]3CCCC34CCN(C(C)C)CC4)CC2)C1. The van der Waals surface area contributed by atoms with Gasteiger partial charge in [-0.25, -0.2) is 0 Å². The second-order valence-corrected chi connectivity index (χ2v) is 11.5. The molecule has 174 valence electrons. The summed E-state index contributed by atoms with van der Waals surface area (Å²) in [6.45, 7) is 13.3. The Morgan fingerprint density at radius 2 is 1.60 bits per heavy atom. The molecule has 2 aliphatic heterocycles. The van der Waals surface area contributed by atoms with Crippen LogP contribution in [0.5, 0.6) is 0 Å². The minimum absolute atomic E-state index is 0.327. The van der Waals surface area contributed by atoms with Gasteiger partial charge in [-0.05, 0) is 109 Å². The largest absolute Gasteiger partial charge is 0.381 e. The second kappa shape index (κ2) is 9.35. The van der Waals surface area contributed by atoms with Gasteiger partial charge >= 0.3 is 0 Å². The summed E-state index contributed by atoms with van der Waals surface area (Å²) in [6.07, 6.45) is 12.1. The normalized spacial score (nSPS) is 35.6. The zero-order valence-corrected chi connectivity index (χ0v) is 20.2. The number of methoxy groups -OCH3 is 1. The Balaban J connectivity index is 1.25. The molecule has 2 heterocycles. The molecule has 0 aromatic rings. The first-order valence-electron chi connectivity index (χ1n) is 12.9. The Kier molecular flexibility index (Phi) is 7.16. The van der Waals surface area contributed by atoms with Crippen molar-refractivity contribution in [1.82, 2.24) is 15.1 Å². The van der Waals surface area contributed by atoms with E-state index in [4.69, 9.17) is 10.5 Å². The van der Waals surface area contributed by atoms with Crippen molar-refractivity contribution in [2.75, 3.05) is 39.8 Å². The van der Waals surface area contributed by atoms with E-state index in [2.05, 4.69) is 35.9 Å². The van der Waals surface area contributed by atoms with Gasteiger partial charge in [-0.15, -0.1) is 0 Å². The van der Waals surface area contributed by atoms with E-state index in [-0.39, 0.29) is 0 Å². The Hall–Kier alpha value is -0.200. The van der Waals surface area contributed by atoms with Gasteiger partial charge in [0.05, 0.1) is 6.10 Å². The molecule has 0 bridgehead atoms. The Bertz CT molecular complexity index is 551. The molecule has 30 heavy (non-hydrogen) atoms. The van der Waals surface area contributed by atoms with E-state index in [1.807, 2.05) is 7.11 Å². The van der Waals surface area contributed by atoms with Crippen molar-refractivity contribution in [2.45, 2.75) is 109 Å². The maximum absolute atomic E-state index is 6.57. The number of ether oxygens (including phenoxy) is 1. The molecule has 4 rings (SSSR count). The van der Waals surface area contributed by atoms with Crippen molar-refractivity contribution in [3.63, 3.8) is 0 Å². The van der Waals surface area contributed by atoms with Gasteiger partial charge in [-0.3, -0.25) is 4.90 Å². The summed E-state index contributed by atoms with van der Waals surface area (Å²) >= 11 is 0. The highest BCUT2D eigenvalue weighted by Gasteiger charge is 2.48.